The second-order valence-corrected chi connectivity index (χ2v) is 5.62. The standard InChI is InChI=1S/C17H18N2O3.C2H6O/c1-2-18-10-11-19-9-8-14(20)16(15(19)17(18)21)22-12-13-6-4-3-5-7-13;1-3-2/h3-9H,2,10-12H2,1H3;1-2H3. The summed E-state index contributed by atoms with van der Waals surface area (Å²) in [5.74, 6) is 0.00372. The molecule has 6 nitrogen and oxygen atoms in total. The summed E-state index contributed by atoms with van der Waals surface area (Å²) in [5, 5.41) is 0. The highest BCUT2D eigenvalue weighted by atomic mass is 16.5. The molecule has 1 aliphatic rings. The minimum absolute atomic E-state index is 0.144. The first-order valence-electron chi connectivity index (χ1n) is 8.21. The Kier molecular flexibility index (Phi) is 6.77. The van der Waals surface area contributed by atoms with Gasteiger partial charge in [0.2, 0.25) is 5.43 Å². The predicted molar refractivity (Wildman–Crippen MR) is 96.0 cm³/mol. The average Bonchev–Trinajstić information content (AvgIpc) is 2.63. The molecule has 1 amide bonds. The fourth-order valence-electron chi connectivity index (χ4n) is 2.61. The van der Waals surface area contributed by atoms with E-state index in [1.165, 1.54) is 6.07 Å². The van der Waals surface area contributed by atoms with Gasteiger partial charge in [-0.3, -0.25) is 9.59 Å². The summed E-state index contributed by atoms with van der Waals surface area (Å²) in [5.41, 5.74) is 1.06. The highest BCUT2D eigenvalue weighted by molar-refractivity contribution is 5.95. The van der Waals surface area contributed by atoms with Gasteiger partial charge in [0.15, 0.2) is 11.4 Å². The number of nitrogens with zero attached hydrogens (tertiary/aromatic N) is 2. The van der Waals surface area contributed by atoms with Crippen LogP contribution in [0.2, 0.25) is 0 Å². The van der Waals surface area contributed by atoms with Gasteiger partial charge in [-0.05, 0) is 12.5 Å². The van der Waals surface area contributed by atoms with Crippen molar-refractivity contribution in [1.82, 2.24) is 9.47 Å². The summed E-state index contributed by atoms with van der Waals surface area (Å²) in [6.45, 7) is 4.16. The number of carbonyl (C=O) groups is 1. The maximum absolute atomic E-state index is 12.5. The first-order chi connectivity index (χ1) is 12.1. The first-order valence-corrected chi connectivity index (χ1v) is 8.21. The van der Waals surface area contributed by atoms with E-state index >= 15 is 0 Å². The van der Waals surface area contributed by atoms with E-state index < -0.39 is 0 Å². The van der Waals surface area contributed by atoms with Crippen LogP contribution in [-0.4, -0.2) is 42.7 Å². The number of fused-ring (bicyclic) bond motifs is 1. The second kappa shape index (κ2) is 9.03. The number of likely N-dealkylation sites (N-methyl/N-ethyl adjacent to an activating group) is 1. The quantitative estimate of drug-likeness (QED) is 0.853. The molecule has 134 valence electrons. The molecule has 2 heterocycles. The minimum atomic E-state index is -0.256. The molecule has 0 unspecified atom stereocenters. The third-order valence-electron chi connectivity index (χ3n) is 3.84. The molecule has 0 spiro atoms. The zero-order chi connectivity index (χ0) is 18.2. The summed E-state index contributed by atoms with van der Waals surface area (Å²) in [7, 11) is 3.25. The molecule has 3 rings (SSSR count). The van der Waals surface area contributed by atoms with Crippen molar-refractivity contribution in [2.24, 2.45) is 0 Å². The van der Waals surface area contributed by atoms with Gasteiger partial charge in [-0.15, -0.1) is 0 Å². The topological polar surface area (TPSA) is 60.8 Å². The summed E-state index contributed by atoms with van der Waals surface area (Å²) in [6.07, 6.45) is 1.66. The number of amides is 1. The van der Waals surface area contributed by atoms with Gasteiger partial charge in [0.05, 0.1) is 0 Å². The highest BCUT2D eigenvalue weighted by Crippen LogP contribution is 2.20. The van der Waals surface area contributed by atoms with Crippen LogP contribution in [0.4, 0.5) is 0 Å². The zero-order valence-electron chi connectivity index (χ0n) is 14.9. The van der Waals surface area contributed by atoms with Crippen molar-refractivity contribution in [1.29, 1.82) is 0 Å². The van der Waals surface area contributed by atoms with E-state index in [4.69, 9.17) is 4.74 Å². The largest absolute Gasteiger partial charge is 0.483 e. The van der Waals surface area contributed by atoms with Crippen LogP contribution >= 0.6 is 0 Å². The monoisotopic (exact) mass is 344 g/mol. The Labute approximate surface area is 147 Å². The minimum Gasteiger partial charge on any atom is -0.483 e. The summed E-state index contributed by atoms with van der Waals surface area (Å²) >= 11 is 0. The first kappa shape index (κ1) is 18.7. The van der Waals surface area contributed by atoms with Crippen LogP contribution in [0.1, 0.15) is 23.0 Å². The number of pyridine rings is 1. The molecule has 1 aliphatic heterocycles. The van der Waals surface area contributed by atoms with Crippen LogP contribution in [0, 0.1) is 0 Å². The van der Waals surface area contributed by atoms with Gasteiger partial charge in [-0.25, -0.2) is 0 Å². The number of rotatable bonds is 4. The predicted octanol–water partition coefficient (Wildman–Crippen LogP) is 2.17. The van der Waals surface area contributed by atoms with Gasteiger partial charge < -0.3 is 18.9 Å². The van der Waals surface area contributed by atoms with Crippen molar-refractivity contribution in [3.63, 3.8) is 0 Å². The van der Waals surface area contributed by atoms with Crippen molar-refractivity contribution in [3.05, 3.63) is 64.1 Å². The molecule has 0 aliphatic carbocycles. The Hall–Kier alpha value is -2.60. The fraction of sp³-hybridized carbons (Fsp3) is 0.368. The zero-order valence-corrected chi connectivity index (χ0v) is 14.9. The lowest BCUT2D eigenvalue weighted by atomic mass is 10.2. The van der Waals surface area contributed by atoms with E-state index in [1.54, 1.807) is 29.9 Å². The van der Waals surface area contributed by atoms with Crippen molar-refractivity contribution in [2.75, 3.05) is 27.3 Å². The molecule has 6 heteroatoms. The lowest BCUT2D eigenvalue weighted by Gasteiger charge is -2.29. The lowest BCUT2D eigenvalue weighted by molar-refractivity contribution is 0.0704. The Balaban J connectivity index is 0.000000701. The molecule has 0 atom stereocenters. The lowest BCUT2D eigenvalue weighted by Crippen LogP contribution is -2.41. The molecule has 0 saturated carbocycles. The summed E-state index contributed by atoms with van der Waals surface area (Å²) in [6, 6.07) is 11.1. The number of methoxy groups -OCH3 is 1. The van der Waals surface area contributed by atoms with Crippen LogP contribution in [0.25, 0.3) is 0 Å². The third-order valence-corrected chi connectivity index (χ3v) is 3.84. The molecule has 0 saturated heterocycles. The third kappa shape index (κ3) is 4.48. The summed E-state index contributed by atoms with van der Waals surface area (Å²) in [4.78, 5) is 26.4. The summed E-state index contributed by atoms with van der Waals surface area (Å²) < 4.78 is 11.8. The second-order valence-electron chi connectivity index (χ2n) is 5.62. The maximum atomic E-state index is 12.5. The number of aromatic nitrogens is 1. The Morgan fingerprint density at radius 2 is 1.72 bits per heavy atom. The van der Waals surface area contributed by atoms with Crippen molar-refractivity contribution < 1.29 is 14.3 Å². The van der Waals surface area contributed by atoms with Gasteiger partial charge in [0, 0.05) is 46.1 Å². The van der Waals surface area contributed by atoms with E-state index in [0.29, 0.717) is 25.3 Å². The fourth-order valence-corrected chi connectivity index (χ4v) is 2.61. The molecule has 25 heavy (non-hydrogen) atoms. The highest BCUT2D eigenvalue weighted by Gasteiger charge is 2.28. The molecular weight excluding hydrogens is 320 g/mol. The number of hydrogen-bond donors (Lipinski definition) is 0. The molecule has 0 fully saturated rings. The Bertz CT molecular complexity index is 756. The molecule has 0 N–H and O–H groups in total. The maximum Gasteiger partial charge on any atom is 0.274 e. The number of benzene rings is 1. The molecular formula is C19H24N2O4. The molecule has 1 aromatic heterocycles. The van der Waals surface area contributed by atoms with E-state index in [2.05, 4.69) is 4.74 Å². The molecule has 1 aromatic carbocycles. The Morgan fingerprint density at radius 1 is 1.04 bits per heavy atom. The Morgan fingerprint density at radius 3 is 2.36 bits per heavy atom. The van der Waals surface area contributed by atoms with Gasteiger partial charge in [-0.1, -0.05) is 30.3 Å². The van der Waals surface area contributed by atoms with Gasteiger partial charge in [0.25, 0.3) is 5.91 Å². The van der Waals surface area contributed by atoms with Gasteiger partial charge in [-0.2, -0.15) is 0 Å². The van der Waals surface area contributed by atoms with Crippen molar-refractivity contribution in [2.45, 2.75) is 20.1 Å². The molecule has 0 radical (unpaired) electrons. The smallest absolute Gasteiger partial charge is 0.274 e. The van der Waals surface area contributed by atoms with Crippen LogP contribution in [0.15, 0.2) is 47.4 Å². The normalized spacial score (nSPS) is 12.9. The van der Waals surface area contributed by atoms with E-state index in [1.807, 2.05) is 37.3 Å². The van der Waals surface area contributed by atoms with E-state index in [9.17, 15) is 9.59 Å². The van der Waals surface area contributed by atoms with Crippen LogP contribution < -0.4 is 10.2 Å². The molecule has 0 bridgehead atoms. The SMILES string of the molecule is CCN1CCn2ccc(=O)c(OCc3ccccc3)c2C1=O.COC. The van der Waals surface area contributed by atoms with E-state index in [-0.39, 0.29) is 23.7 Å². The van der Waals surface area contributed by atoms with Crippen LogP contribution in [0.3, 0.4) is 0 Å². The average molecular weight is 344 g/mol. The van der Waals surface area contributed by atoms with Gasteiger partial charge in [0.1, 0.15) is 6.61 Å². The number of hydrogen-bond acceptors (Lipinski definition) is 4. The van der Waals surface area contributed by atoms with Crippen LogP contribution in [0.5, 0.6) is 5.75 Å². The van der Waals surface area contributed by atoms with Crippen molar-refractivity contribution in [3.8, 4) is 5.75 Å². The van der Waals surface area contributed by atoms with E-state index in [0.717, 1.165) is 5.56 Å². The van der Waals surface area contributed by atoms with Crippen molar-refractivity contribution >= 4 is 5.91 Å². The van der Waals surface area contributed by atoms with Crippen LogP contribution in [-0.2, 0) is 17.9 Å². The number of carbonyl (C=O) groups excluding carboxylic acids is 1. The van der Waals surface area contributed by atoms with Gasteiger partial charge >= 0.3 is 0 Å². The number of ether oxygens (including phenoxy) is 2. The molecule has 2 aromatic rings.